The van der Waals surface area contributed by atoms with Gasteiger partial charge in [-0.2, -0.15) is 0 Å². The summed E-state index contributed by atoms with van der Waals surface area (Å²) in [5.41, 5.74) is 3.73. The van der Waals surface area contributed by atoms with Crippen LogP contribution in [0, 0.1) is 19.7 Å². The molecule has 21 heavy (non-hydrogen) atoms. The number of benzene rings is 2. The Balaban J connectivity index is 2.04. The normalized spacial score (nSPS) is 10.3. The molecule has 2 rings (SSSR count). The Kier molecular flexibility index (Phi) is 4.58. The van der Waals surface area contributed by atoms with Crippen LogP contribution in [0.25, 0.3) is 0 Å². The second-order valence-electron chi connectivity index (χ2n) is 5.16. The number of hydrogen-bond donors (Lipinski definition) is 1. The number of urea groups is 1. The first-order valence-electron chi connectivity index (χ1n) is 6.80. The SMILES string of the molecule is Cc1cccc(NC(=O)N(C)Cc2cccc(F)c2)c1C. The molecule has 0 atom stereocenters. The molecule has 2 aromatic carbocycles. The monoisotopic (exact) mass is 286 g/mol. The molecule has 110 valence electrons. The van der Waals surface area contributed by atoms with Crippen LogP contribution in [-0.4, -0.2) is 18.0 Å². The molecule has 0 spiro atoms. The van der Waals surface area contributed by atoms with Crippen LogP contribution in [0.1, 0.15) is 16.7 Å². The number of rotatable bonds is 3. The average molecular weight is 286 g/mol. The number of hydrogen-bond acceptors (Lipinski definition) is 1. The van der Waals surface area contributed by atoms with Crippen LogP contribution in [0.2, 0.25) is 0 Å². The van der Waals surface area contributed by atoms with E-state index >= 15 is 0 Å². The molecule has 0 saturated heterocycles. The predicted octanol–water partition coefficient (Wildman–Crippen LogP) is 4.11. The zero-order valence-corrected chi connectivity index (χ0v) is 12.5. The van der Waals surface area contributed by atoms with Gasteiger partial charge in [0, 0.05) is 19.3 Å². The lowest BCUT2D eigenvalue weighted by molar-refractivity contribution is 0.220. The van der Waals surface area contributed by atoms with Crippen LogP contribution in [0.4, 0.5) is 14.9 Å². The first-order valence-corrected chi connectivity index (χ1v) is 6.80. The van der Waals surface area contributed by atoms with Gasteiger partial charge >= 0.3 is 6.03 Å². The highest BCUT2D eigenvalue weighted by Crippen LogP contribution is 2.18. The molecular formula is C17H19FN2O. The van der Waals surface area contributed by atoms with Crippen molar-refractivity contribution in [2.24, 2.45) is 0 Å². The number of anilines is 1. The average Bonchev–Trinajstić information content (AvgIpc) is 2.44. The van der Waals surface area contributed by atoms with Gasteiger partial charge in [0.15, 0.2) is 0 Å². The number of carbonyl (C=O) groups excluding carboxylic acids is 1. The Morgan fingerprint density at radius 3 is 2.62 bits per heavy atom. The van der Waals surface area contributed by atoms with Crippen molar-refractivity contribution < 1.29 is 9.18 Å². The minimum atomic E-state index is -0.296. The highest BCUT2D eigenvalue weighted by Gasteiger charge is 2.11. The summed E-state index contributed by atoms with van der Waals surface area (Å²) < 4.78 is 13.1. The summed E-state index contributed by atoms with van der Waals surface area (Å²) in [6.45, 7) is 4.33. The number of nitrogens with zero attached hydrogens (tertiary/aromatic N) is 1. The molecule has 0 aliphatic carbocycles. The van der Waals surface area contributed by atoms with E-state index in [0.717, 1.165) is 22.4 Å². The number of aryl methyl sites for hydroxylation is 1. The maximum Gasteiger partial charge on any atom is 0.321 e. The molecule has 2 aromatic rings. The highest BCUT2D eigenvalue weighted by atomic mass is 19.1. The Morgan fingerprint density at radius 2 is 1.90 bits per heavy atom. The first kappa shape index (κ1) is 15.0. The summed E-state index contributed by atoms with van der Waals surface area (Å²) in [6, 6.07) is 11.8. The lowest BCUT2D eigenvalue weighted by atomic mass is 10.1. The number of amides is 2. The molecule has 0 heterocycles. The van der Waals surface area contributed by atoms with Crippen molar-refractivity contribution in [2.75, 3.05) is 12.4 Å². The lowest BCUT2D eigenvalue weighted by Gasteiger charge is -2.19. The summed E-state index contributed by atoms with van der Waals surface area (Å²) in [7, 11) is 1.69. The summed E-state index contributed by atoms with van der Waals surface area (Å²) in [4.78, 5) is 13.7. The quantitative estimate of drug-likeness (QED) is 0.905. The molecule has 0 unspecified atom stereocenters. The van der Waals surface area contributed by atoms with Crippen LogP contribution in [-0.2, 0) is 6.54 Å². The van der Waals surface area contributed by atoms with E-state index in [4.69, 9.17) is 0 Å². The summed E-state index contributed by atoms with van der Waals surface area (Å²) in [6.07, 6.45) is 0. The van der Waals surface area contributed by atoms with Crippen LogP contribution in [0.5, 0.6) is 0 Å². The smallest absolute Gasteiger partial charge is 0.321 e. The maximum absolute atomic E-state index is 13.1. The zero-order valence-electron chi connectivity index (χ0n) is 12.5. The second kappa shape index (κ2) is 6.39. The zero-order chi connectivity index (χ0) is 15.4. The third-order valence-corrected chi connectivity index (χ3v) is 3.50. The van der Waals surface area contributed by atoms with Gasteiger partial charge in [-0.05, 0) is 48.7 Å². The number of halogens is 1. The van der Waals surface area contributed by atoms with Crippen molar-refractivity contribution in [3.05, 3.63) is 65.0 Å². The molecule has 0 saturated carbocycles. The van der Waals surface area contributed by atoms with E-state index in [-0.39, 0.29) is 11.8 Å². The molecule has 0 radical (unpaired) electrons. The van der Waals surface area contributed by atoms with Crippen molar-refractivity contribution in [3.8, 4) is 0 Å². The third kappa shape index (κ3) is 3.81. The van der Waals surface area contributed by atoms with Gasteiger partial charge in [-0.15, -0.1) is 0 Å². The lowest BCUT2D eigenvalue weighted by Crippen LogP contribution is -2.31. The van der Waals surface area contributed by atoms with Crippen molar-refractivity contribution in [1.29, 1.82) is 0 Å². The van der Waals surface area contributed by atoms with Crippen molar-refractivity contribution in [2.45, 2.75) is 20.4 Å². The van der Waals surface area contributed by atoms with Crippen molar-refractivity contribution in [1.82, 2.24) is 4.90 Å². The van der Waals surface area contributed by atoms with Crippen LogP contribution in [0.3, 0.4) is 0 Å². The molecule has 4 heteroatoms. The van der Waals surface area contributed by atoms with Crippen molar-refractivity contribution in [3.63, 3.8) is 0 Å². The fraction of sp³-hybridized carbons (Fsp3) is 0.235. The van der Waals surface area contributed by atoms with Gasteiger partial charge in [-0.25, -0.2) is 9.18 Å². The predicted molar refractivity (Wildman–Crippen MR) is 82.8 cm³/mol. The van der Waals surface area contributed by atoms with E-state index in [9.17, 15) is 9.18 Å². The first-order chi connectivity index (χ1) is 9.97. The van der Waals surface area contributed by atoms with E-state index < -0.39 is 0 Å². The van der Waals surface area contributed by atoms with E-state index in [1.165, 1.54) is 17.0 Å². The molecule has 0 bridgehead atoms. The Hall–Kier alpha value is -2.36. The molecule has 0 aromatic heterocycles. The standard InChI is InChI=1S/C17H19FN2O/c1-12-6-4-9-16(13(12)2)19-17(21)20(3)11-14-7-5-8-15(18)10-14/h4-10H,11H2,1-3H3,(H,19,21). The highest BCUT2D eigenvalue weighted by molar-refractivity contribution is 5.90. The van der Waals surface area contributed by atoms with E-state index in [0.29, 0.717) is 6.54 Å². The molecule has 0 fully saturated rings. The van der Waals surface area contributed by atoms with E-state index in [1.54, 1.807) is 19.2 Å². The van der Waals surface area contributed by atoms with Crippen LogP contribution < -0.4 is 5.32 Å². The van der Waals surface area contributed by atoms with Gasteiger partial charge < -0.3 is 10.2 Å². The summed E-state index contributed by atoms with van der Waals surface area (Å²) in [5, 5.41) is 2.88. The van der Waals surface area contributed by atoms with Gasteiger partial charge in [0.25, 0.3) is 0 Å². The third-order valence-electron chi connectivity index (χ3n) is 3.50. The number of nitrogens with one attached hydrogen (secondary N) is 1. The fourth-order valence-electron chi connectivity index (χ4n) is 2.08. The minimum Gasteiger partial charge on any atom is -0.323 e. The van der Waals surface area contributed by atoms with Gasteiger partial charge in [-0.3, -0.25) is 0 Å². The molecule has 3 nitrogen and oxygen atoms in total. The minimum absolute atomic E-state index is 0.215. The maximum atomic E-state index is 13.1. The summed E-state index contributed by atoms with van der Waals surface area (Å²) in [5.74, 6) is -0.296. The molecule has 2 amide bonds. The van der Waals surface area contributed by atoms with Crippen LogP contribution in [0.15, 0.2) is 42.5 Å². The van der Waals surface area contributed by atoms with E-state index in [1.807, 2.05) is 32.0 Å². The topological polar surface area (TPSA) is 32.3 Å². The second-order valence-corrected chi connectivity index (χ2v) is 5.16. The number of carbonyl (C=O) groups is 1. The van der Waals surface area contributed by atoms with Gasteiger partial charge in [0.05, 0.1) is 0 Å². The Bertz CT molecular complexity index is 655. The largest absolute Gasteiger partial charge is 0.323 e. The molecular weight excluding hydrogens is 267 g/mol. The fourth-order valence-corrected chi connectivity index (χ4v) is 2.08. The molecule has 0 aliphatic rings. The van der Waals surface area contributed by atoms with Gasteiger partial charge in [0.2, 0.25) is 0 Å². The van der Waals surface area contributed by atoms with Gasteiger partial charge in [-0.1, -0.05) is 24.3 Å². The Morgan fingerprint density at radius 1 is 1.19 bits per heavy atom. The van der Waals surface area contributed by atoms with E-state index in [2.05, 4.69) is 5.32 Å². The summed E-state index contributed by atoms with van der Waals surface area (Å²) >= 11 is 0. The van der Waals surface area contributed by atoms with Gasteiger partial charge in [0.1, 0.15) is 5.82 Å². The Labute approximate surface area is 124 Å². The van der Waals surface area contributed by atoms with Crippen molar-refractivity contribution >= 4 is 11.7 Å². The molecule has 1 N–H and O–H groups in total. The molecule has 0 aliphatic heterocycles. The van der Waals surface area contributed by atoms with Crippen LogP contribution >= 0.6 is 0 Å².